The fourth-order valence-electron chi connectivity index (χ4n) is 6.90. The number of thiazole rings is 1. The number of allylic oxidation sites excluding steroid dienone is 2. The first-order valence-electron chi connectivity index (χ1n) is 20.6. The van der Waals surface area contributed by atoms with Crippen LogP contribution in [0.15, 0.2) is 64.8 Å². The van der Waals surface area contributed by atoms with E-state index in [1.165, 1.54) is 19.3 Å². The molecule has 2 saturated carbocycles. The van der Waals surface area contributed by atoms with Crippen molar-refractivity contribution in [2.24, 2.45) is 17.6 Å². The summed E-state index contributed by atoms with van der Waals surface area (Å²) in [5, 5.41) is 7.73. The smallest absolute Gasteiger partial charge is 0.256 e. The number of aromatic nitrogens is 2. The van der Waals surface area contributed by atoms with Crippen molar-refractivity contribution in [2.75, 3.05) is 25.5 Å². The van der Waals surface area contributed by atoms with Crippen LogP contribution in [-0.2, 0) is 24.4 Å². The highest BCUT2D eigenvalue weighted by atomic mass is 35.5. The maximum atomic E-state index is 12.3. The summed E-state index contributed by atoms with van der Waals surface area (Å²) in [6, 6.07) is 12.3. The van der Waals surface area contributed by atoms with Gasteiger partial charge in [0.05, 0.1) is 30.3 Å². The van der Waals surface area contributed by atoms with Crippen LogP contribution in [0.4, 0.5) is 5.69 Å². The predicted molar refractivity (Wildman–Crippen MR) is 240 cm³/mol. The lowest BCUT2D eigenvalue weighted by molar-refractivity contribution is -0.135. The maximum absolute atomic E-state index is 12.3. The number of benzene rings is 2. The number of nitrogens with zero attached hydrogens (tertiary/aromatic N) is 2. The molecule has 2 aromatic carbocycles. The Morgan fingerprint density at radius 2 is 1.88 bits per heavy atom. The number of unbranched alkanes of at least 4 members (excludes halogenated alkanes) is 3. The van der Waals surface area contributed by atoms with E-state index in [9.17, 15) is 27.6 Å². The van der Waals surface area contributed by atoms with Gasteiger partial charge < -0.3 is 25.7 Å². The molecule has 13 nitrogen and oxygen atoms in total. The number of methoxy groups -OCH3 is 1. The number of aryl methyl sites for hydroxylation is 1. The number of hydrogen-bond donors (Lipinski definition) is 4. The number of pyridine rings is 1. The summed E-state index contributed by atoms with van der Waals surface area (Å²) in [5.41, 5.74) is 8.72. The molecule has 2 aromatic heterocycles. The molecule has 3 fully saturated rings. The molecule has 3 atom stereocenters. The van der Waals surface area contributed by atoms with Gasteiger partial charge in [-0.2, -0.15) is 0 Å². The molecule has 0 radical (unpaired) electrons. The highest BCUT2D eigenvalue weighted by molar-refractivity contribution is 7.90. The van der Waals surface area contributed by atoms with Gasteiger partial charge in [-0.25, -0.2) is 13.4 Å². The number of carbonyl (C=O) groups is 3. The van der Waals surface area contributed by atoms with Crippen molar-refractivity contribution in [3.05, 3.63) is 86.6 Å². The number of hydrogen-bond acceptors (Lipinski definition) is 10. The highest BCUT2D eigenvalue weighted by Crippen LogP contribution is 2.40. The first kappa shape index (κ1) is 46.3. The molecule has 7 rings (SSSR count). The molecule has 3 amide bonds. The third kappa shape index (κ3) is 12.6. The van der Waals surface area contributed by atoms with Crippen LogP contribution in [0.3, 0.4) is 0 Å². The minimum Gasteiger partial charge on any atom is -0.496 e. The fourth-order valence-corrected chi connectivity index (χ4v) is 9.40. The molecular formula is C44H57ClN6O7S2. The Morgan fingerprint density at radius 3 is 2.53 bits per heavy atom. The zero-order valence-electron chi connectivity index (χ0n) is 35.0. The molecule has 1 aliphatic heterocycles. The number of amides is 3. The van der Waals surface area contributed by atoms with Crippen molar-refractivity contribution < 1.29 is 27.5 Å². The molecule has 0 spiro atoms. The van der Waals surface area contributed by atoms with Crippen LogP contribution in [0.5, 0.6) is 5.75 Å². The summed E-state index contributed by atoms with van der Waals surface area (Å²) in [7, 11) is -1.73. The standard InChI is InChI=1S/C17H18N2O2S.C14H23NO3S.C13H16ClN3O2/c1-9(2)14-8-22-17(19-14)13-7-12-10(3)15(21-4)6-5-11(12)16(20)18-13;1-2-3-4-5-6-7-11-10-13(11)14(16)15-19(17,18)12-8-9-12;14-9-3-1-4-10(7-9)16-8-12(18)17-6-2-5-11(17)13(15)19/h5-9H,1-4H3,(H,18,20);6-7,11-13H,2-5,8-10H2,1H3,(H,15,16);1,3-4,7,11,16H,2,5-6,8H2,(H2,15,19)/b;7-6-;/t;11?,13-;11-/m.00/s1. The van der Waals surface area contributed by atoms with Crippen LogP contribution < -0.4 is 26.1 Å². The number of halogens is 1. The monoisotopic (exact) mass is 880 g/mol. The van der Waals surface area contributed by atoms with Gasteiger partial charge in [-0.05, 0) is 111 Å². The molecule has 60 heavy (non-hydrogen) atoms. The van der Waals surface area contributed by atoms with Crippen LogP contribution in [0, 0.1) is 18.8 Å². The first-order chi connectivity index (χ1) is 28.6. The Balaban J connectivity index is 0.000000171. The van der Waals surface area contributed by atoms with E-state index in [0.717, 1.165) is 58.0 Å². The Labute approximate surface area is 361 Å². The number of primary amides is 1. The Morgan fingerprint density at radius 1 is 1.12 bits per heavy atom. The molecule has 5 N–H and O–H groups in total. The summed E-state index contributed by atoms with van der Waals surface area (Å²) in [6.45, 7) is 9.07. The van der Waals surface area contributed by atoms with E-state index in [4.69, 9.17) is 22.1 Å². The molecule has 1 unspecified atom stereocenters. The summed E-state index contributed by atoms with van der Waals surface area (Å²) in [5.74, 6) is 0.405. The quantitative estimate of drug-likeness (QED) is 0.0684. The van der Waals surface area contributed by atoms with Crippen molar-refractivity contribution in [1.29, 1.82) is 0 Å². The van der Waals surface area contributed by atoms with Gasteiger partial charge in [-0.1, -0.05) is 63.4 Å². The Hall–Kier alpha value is -4.73. The fraction of sp³-hybridized carbons (Fsp3) is 0.477. The van der Waals surface area contributed by atoms with Gasteiger partial charge in [0.15, 0.2) is 0 Å². The number of H-pyrrole nitrogens is 1. The maximum Gasteiger partial charge on any atom is 0.256 e. The summed E-state index contributed by atoms with van der Waals surface area (Å²) in [6.07, 6.45) is 12.5. The number of aromatic amines is 1. The van der Waals surface area contributed by atoms with Crippen molar-refractivity contribution in [3.63, 3.8) is 0 Å². The lowest BCUT2D eigenvalue weighted by atomic mass is 10.1. The predicted octanol–water partition coefficient (Wildman–Crippen LogP) is 7.69. The van der Waals surface area contributed by atoms with Crippen molar-refractivity contribution in [3.8, 4) is 16.5 Å². The zero-order chi connectivity index (χ0) is 43.6. The number of ether oxygens (including phenoxy) is 1. The molecular weight excluding hydrogens is 824 g/mol. The van der Waals surface area contributed by atoms with Gasteiger partial charge in [0.1, 0.15) is 16.8 Å². The molecule has 2 aliphatic carbocycles. The van der Waals surface area contributed by atoms with Gasteiger partial charge in [0.25, 0.3) is 5.56 Å². The lowest BCUT2D eigenvalue weighted by Gasteiger charge is -2.22. The molecule has 324 valence electrons. The SMILES string of the molecule is CCCCC/C=C\C1C[C@@H]1C(=O)NS(=O)(=O)C1CC1.COc1ccc2c(=O)[nH]c(-c3nc(C(C)C)cs3)cc2c1C.NC(=O)[C@@H]1CCCN1C(=O)CNc1cccc(Cl)c1. The minimum absolute atomic E-state index is 0.0976. The molecule has 1 saturated heterocycles. The van der Waals surface area contributed by atoms with Crippen LogP contribution >= 0.6 is 22.9 Å². The number of rotatable bonds is 15. The van der Waals surface area contributed by atoms with E-state index >= 15 is 0 Å². The molecule has 16 heteroatoms. The summed E-state index contributed by atoms with van der Waals surface area (Å²) >= 11 is 7.41. The van der Waals surface area contributed by atoms with Crippen molar-refractivity contribution >= 4 is 67.1 Å². The van der Waals surface area contributed by atoms with E-state index in [0.29, 0.717) is 42.1 Å². The van der Waals surface area contributed by atoms with E-state index in [-0.39, 0.29) is 41.0 Å². The summed E-state index contributed by atoms with van der Waals surface area (Å²) < 4.78 is 30.8. The molecule has 0 bridgehead atoms. The molecule has 3 heterocycles. The summed E-state index contributed by atoms with van der Waals surface area (Å²) in [4.78, 5) is 56.5. The second kappa shape index (κ2) is 21.2. The van der Waals surface area contributed by atoms with E-state index in [1.54, 1.807) is 47.6 Å². The second-order valence-electron chi connectivity index (χ2n) is 15.8. The van der Waals surface area contributed by atoms with Crippen LogP contribution in [0.1, 0.15) is 95.7 Å². The zero-order valence-corrected chi connectivity index (χ0v) is 37.4. The number of carbonyl (C=O) groups excluding carboxylic acids is 3. The molecule has 4 aromatic rings. The normalized spacial score (nSPS) is 18.4. The van der Waals surface area contributed by atoms with Gasteiger partial charge in [-0.3, -0.25) is 23.9 Å². The third-order valence-corrected chi connectivity index (χ3v) is 13.7. The molecule has 3 aliphatic rings. The number of sulfonamides is 1. The van der Waals surface area contributed by atoms with Gasteiger partial charge in [0, 0.05) is 33.9 Å². The average molecular weight is 882 g/mol. The van der Waals surface area contributed by atoms with Gasteiger partial charge >= 0.3 is 0 Å². The van der Waals surface area contributed by atoms with E-state index in [2.05, 4.69) is 52.9 Å². The van der Waals surface area contributed by atoms with E-state index < -0.39 is 22.0 Å². The number of nitrogens with two attached hydrogens (primary N) is 1. The second-order valence-corrected chi connectivity index (χ2v) is 19.0. The van der Waals surface area contributed by atoms with Crippen LogP contribution in [-0.4, -0.2) is 72.5 Å². The third-order valence-electron chi connectivity index (χ3n) is 10.7. The highest BCUT2D eigenvalue weighted by Gasteiger charge is 2.45. The van der Waals surface area contributed by atoms with Crippen molar-refractivity contribution in [2.45, 2.75) is 103 Å². The van der Waals surface area contributed by atoms with Gasteiger partial charge in [0.2, 0.25) is 27.7 Å². The lowest BCUT2D eigenvalue weighted by Crippen LogP contribution is -2.45. The number of likely N-dealkylation sites (tertiary alicyclic amines) is 1. The first-order valence-corrected chi connectivity index (χ1v) is 23.4. The van der Waals surface area contributed by atoms with Gasteiger partial charge in [-0.15, -0.1) is 11.3 Å². The topological polar surface area (TPSA) is 194 Å². The Kier molecular flexibility index (Phi) is 16.4. The van der Waals surface area contributed by atoms with Crippen molar-refractivity contribution in [1.82, 2.24) is 19.6 Å². The average Bonchev–Trinajstić information content (AvgIpc) is 4.11. The van der Waals surface area contributed by atoms with Crippen LogP contribution in [0.2, 0.25) is 5.02 Å². The number of nitrogens with one attached hydrogen (secondary N) is 3. The van der Waals surface area contributed by atoms with E-state index in [1.807, 2.05) is 30.5 Å². The number of anilines is 1. The number of fused-ring (bicyclic) bond motifs is 1. The largest absolute Gasteiger partial charge is 0.496 e. The minimum atomic E-state index is -3.37. The Bertz CT molecular complexity index is 2340. The van der Waals surface area contributed by atoms with Crippen LogP contribution in [0.25, 0.3) is 21.5 Å².